The van der Waals surface area contributed by atoms with Crippen LogP contribution < -0.4 is 0 Å². The van der Waals surface area contributed by atoms with Gasteiger partial charge in [-0.3, -0.25) is 0 Å². The fourth-order valence-electron chi connectivity index (χ4n) is 1.67. The van der Waals surface area contributed by atoms with Gasteiger partial charge in [0.25, 0.3) is 0 Å². The Kier molecular flexibility index (Phi) is 3.07. The van der Waals surface area contributed by atoms with Gasteiger partial charge in [-0.05, 0) is 45.9 Å². The molecule has 5 nitrogen and oxygen atoms in total. The van der Waals surface area contributed by atoms with Crippen molar-refractivity contribution in [3.05, 3.63) is 23.8 Å². The first-order valence-corrected chi connectivity index (χ1v) is 5.97. The van der Waals surface area contributed by atoms with Crippen LogP contribution in [0.5, 0.6) is 0 Å². The van der Waals surface area contributed by atoms with Crippen molar-refractivity contribution in [1.82, 2.24) is 15.0 Å². The van der Waals surface area contributed by atoms with Crippen molar-refractivity contribution in [1.29, 1.82) is 0 Å². The molecule has 0 N–H and O–H groups in total. The molecule has 1 aromatic carbocycles. The van der Waals surface area contributed by atoms with Gasteiger partial charge in [0, 0.05) is 6.54 Å². The molecule has 0 fully saturated rings. The van der Waals surface area contributed by atoms with Gasteiger partial charge in [0.1, 0.15) is 11.1 Å². The molecule has 5 heteroatoms. The van der Waals surface area contributed by atoms with E-state index in [1.165, 1.54) is 0 Å². The lowest BCUT2D eigenvalue weighted by Gasteiger charge is -2.19. The first-order chi connectivity index (χ1) is 8.40. The van der Waals surface area contributed by atoms with E-state index in [2.05, 4.69) is 10.3 Å². The third-order valence-electron chi connectivity index (χ3n) is 2.45. The Labute approximate surface area is 106 Å². The molecule has 0 unspecified atom stereocenters. The van der Waals surface area contributed by atoms with Crippen molar-refractivity contribution >= 4 is 17.0 Å². The average Bonchev–Trinajstić information content (AvgIpc) is 2.68. The van der Waals surface area contributed by atoms with Crippen LogP contribution in [-0.2, 0) is 11.3 Å². The summed E-state index contributed by atoms with van der Waals surface area (Å²) >= 11 is 0. The zero-order chi connectivity index (χ0) is 13.3. The molecular weight excluding hydrogens is 230 g/mol. The van der Waals surface area contributed by atoms with Gasteiger partial charge < -0.3 is 4.74 Å². The van der Waals surface area contributed by atoms with Crippen LogP contribution in [0.2, 0.25) is 0 Å². The van der Waals surface area contributed by atoms with Crippen LogP contribution in [0.25, 0.3) is 11.0 Å². The molecule has 2 rings (SSSR count). The zero-order valence-corrected chi connectivity index (χ0v) is 11.1. The lowest BCUT2D eigenvalue weighted by atomic mass is 10.1. The van der Waals surface area contributed by atoms with Crippen molar-refractivity contribution in [3.63, 3.8) is 0 Å². The summed E-state index contributed by atoms with van der Waals surface area (Å²) in [6.07, 6.45) is 0. The summed E-state index contributed by atoms with van der Waals surface area (Å²) in [5.74, 6) is -0.338. The van der Waals surface area contributed by atoms with Gasteiger partial charge in [0.15, 0.2) is 0 Å². The number of hydrogen-bond donors (Lipinski definition) is 0. The summed E-state index contributed by atoms with van der Waals surface area (Å²) in [7, 11) is 0. The van der Waals surface area contributed by atoms with Gasteiger partial charge in [-0.1, -0.05) is 5.21 Å². The van der Waals surface area contributed by atoms with E-state index in [9.17, 15) is 4.79 Å². The van der Waals surface area contributed by atoms with Crippen LogP contribution in [-0.4, -0.2) is 26.6 Å². The number of aryl methyl sites for hydroxylation is 1. The van der Waals surface area contributed by atoms with Crippen LogP contribution in [0.4, 0.5) is 0 Å². The van der Waals surface area contributed by atoms with Crippen molar-refractivity contribution < 1.29 is 9.53 Å². The van der Waals surface area contributed by atoms with Crippen molar-refractivity contribution in [3.8, 4) is 0 Å². The highest BCUT2D eigenvalue weighted by atomic mass is 16.6. The van der Waals surface area contributed by atoms with Gasteiger partial charge >= 0.3 is 5.97 Å². The lowest BCUT2D eigenvalue weighted by Crippen LogP contribution is -2.23. The summed E-state index contributed by atoms with van der Waals surface area (Å²) in [5.41, 5.74) is 1.64. The van der Waals surface area contributed by atoms with Gasteiger partial charge in [0.05, 0.1) is 11.1 Å². The van der Waals surface area contributed by atoms with Crippen molar-refractivity contribution in [2.45, 2.75) is 39.8 Å². The Balaban J connectivity index is 2.33. The number of carbonyl (C=O) groups is 1. The molecule has 0 atom stereocenters. The van der Waals surface area contributed by atoms with E-state index >= 15 is 0 Å². The molecule has 0 saturated carbocycles. The average molecular weight is 247 g/mol. The molecule has 2 aromatic rings. The van der Waals surface area contributed by atoms with E-state index in [-0.39, 0.29) is 5.97 Å². The van der Waals surface area contributed by atoms with Crippen LogP contribution >= 0.6 is 0 Å². The third kappa shape index (κ3) is 2.50. The van der Waals surface area contributed by atoms with Crippen LogP contribution in [0.15, 0.2) is 18.2 Å². The molecule has 0 saturated heterocycles. The predicted molar refractivity (Wildman–Crippen MR) is 68.4 cm³/mol. The van der Waals surface area contributed by atoms with Crippen molar-refractivity contribution in [2.75, 3.05) is 0 Å². The summed E-state index contributed by atoms with van der Waals surface area (Å²) in [6.45, 7) is 8.28. The van der Waals surface area contributed by atoms with E-state index < -0.39 is 5.60 Å². The minimum absolute atomic E-state index is 0.338. The Morgan fingerprint density at radius 1 is 1.39 bits per heavy atom. The Morgan fingerprint density at radius 2 is 2.11 bits per heavy atom. The van der Waals surface area contributed by atoms with E-state index in [4.69, 9.17) is 4.74 Å². The normalized spacial score (nSPS) is 11.8. The van der Waals surface area contributed by atoms with Gasteiger partial charge in [0.2, 0.25) is 0 Å². The molecule has 0 spiro atoms. The predicted octanol–water partition coefficient (Wildman–Crippen LogP) is 2.41. The molecule has 0 bridgehead atoms. The maximum absolute atomic E-state index is 11.9. The maximum Gasteiger partial charge on any atom is 0.338 e. The molecule has 0 aliphatic rings. The van der Waals surface area contributed by atoms with Crippen molar-refractivity contribution in [2.24, 2.45) is 0 Å². The number of fused-ring (bicyclic) bond motifs is 1. The quantitative estimate of drug-likeness (QED) is 0.765. The number of carbonyl (C=O) groups excluding carboxylic acids is 1. The number of rotatable bonds is 2. The molecule has 0 radical (unpaired) electrons. The molecular formula is C13H17N3O2. The number of esters is 1. The topological polar surface area (TPSA) is 57.0 Å². The number of nitrogens with zero attached hydrogens (tertiary/aromatic N) is 3. The molecule has 0 aliphatic heterocycles. The van der Waals surface area contributed by atoms with E-state index in [1.807, 2.05) is 33.8 Å². The Bertz CT molecular complexity index is 581. The van der Waals surface area contributed by atoms with E-state index in [0.717, 1.165) is 12.1 Å². The minimum Gasteiger partial charge on any atom is -0.456 e. The summed E-state index contributed by atoms with van der Waals surface area (Å²) in [4.78, 5) is 11.9. The van der Waals surface area contributed by atoms with Crippen LogP contribution in [0, 0.1) is 0 Å². The highest BCUT2D eigenvalue weighted by Gasteiger charge is 2.18. The second kappa shape index (κ2) is 4.40. The Hall–Kier alpha value is -1.91. The molecule has 18 heavy (non-hydrogen) atoms. The van der Waals surface area contributed by atoms with Gasteiger partial charge in [-0.2, -0.15) is 0 Å². The number of benzene rings is 1. The first-order valence-electron chi connectivity index (χ1n) is 5.97. The number of aromatic nitrogens is 3. The summed E-state index contributed by atoms with van der Waals surface area (Å²) in [6, 6.07) is 5.30. The molecule has 0 aliphatic carbocycles. The SMILES string of the molecule is CCn1nnc2cc(C(=O)OC(C)(C)C)ccc21. The lowest BCUT2D eigenvalue weighted by molar-refractivity contribution is 0.00697. The molecule has 1 aromatic heterocycles. The van der Waals surface area contributed by atoms with Gasteiger partial charge in [-0.15, -0.1) is 5.10 Å². The monoisotopic (exact) mass is 247 g/mol. The fraction of sp³-hybridized carbons (Fsp3) is 0.462. The second-order valence-electron chi connectivity index (χ2n) is 5.11. The van der Waals surface area contributed by atoms with Crippen LogP contribution in [0.1, 0.15) is 38.1 Å². The highest BCUT2D eigenvalue weighted by Crippen LogP contribution is 2.17. The minimum atomic E-state index is -0.493. The van der Waals surface area contributed by atoms with Crippen LogP contribution in [0.3, 0.4) is 0 Å². The highest BCUT2D eigenvalue weighted by molar-refractivity contribution is 5.93. The summed E-state index contributed by atoms with van der Waals surface area (Å²) < 4.78 is 7.10. The first kappa shape index (κ1) is 12.5. The smallest absolute Gasteiger partial charge is 0.338 e. The fourth-order valence-corrected chi connectivity index (χ4v) is 1.67. The molecule has 0 amide bonds. The number of ether oxygens (including phenoxy) is 1. The molecule has 1 heterocycles. The summed E-state index contributed by atoms with van der Waals surface area (Å²) in [5, 5.41) is 8.04. The Morgan fingerprint density at radius 3 is 2.72 bits per heavy atom. The number of hydrogen-bond acceptors (Lipinski definition) is 4. The standard InChI is InChI=1S/C13H17N3O2/c1-5-16-11-7-6-9(8-10(11)14-15-16)12(17)18-13(2,3)4/h6-8H,5H2,1-4H3. The molecule has 96 valence electrons. The zero-order valence-electron chi connectivity index (χ0n) is 11.1. The van der Waals surface area contributed by atoms with E-state index in [0.29, 0.717) is 11.1 Å². The second-order valence-corrected chi connectivity index (χ2v) is 5.11. The van der Waals surface area contributed by atoms with Gasteiger partial charge in [-0.25, -0.2) is 9.48 Å². The largest absolute Gasteiger partial charge is 0.456 e. The maximum atomic E-state index is 11.9. The van der Waals surface area contributed by atoms with E-state index in [1.54, 1.807) is 16.8 Å². The third-order valence-corrected chi connectivity index (χ3v) is 2.45.